The molecule has 0 aromatic carbocycles. The van der Waals surface area contributed by atoms with Crippen LogP contribution in [0.1, 0.15) is 5.56 Å². The topological polar surface area (TPSA) is 75.2 Å². The maximum absolute atomic E-state index is 11.1. The minimum Gasteiger partial charge on any atom is -0.467 e. The van der Waals surface area contributed by atoms with Gasteiger partial charge in [0.1, 0.15) is 5.65 Å². The predicted octanol–water partition coefficient (Wildman–Crippen LogP) is 0.639. The average molecular weight is 220 g/mol. The molecule has 16 heavy (non-hydrogen) atoms. The number of hydrogen-bond acceptors (Lipinski definition) is 4. The molecule has 0 amide bonds. The number of H-pyrrole nitrogens is 1. The van der Waals surface area contributed by atoms with Gasteiger partial charge < -0.3 is 14.8 Å². The van der Waals surface area contributed by atoms with E-state index in [0.29, 0.717) is 0 Å². The quantitative estimate of drug-likeness (QED) is 0.744. The fraction of sp³-hybridized carbons (Fsp3) is 0.273. The number of fused-ring (bicyclic) bond motifs is 1. The highest BCUT2D eigenvalue weighted by Crippen LogP contribution is 2.17. The summed E-state index contributed by atoms with van der Waals surface area (Å²) in [5.41, 5.74) is 1.59. The Kier molecular flexibility index (Phi) is 2.87. The maximum atomic E-state index is 11.1. The molecule has 0 saturated carbocycles. The number of carbonyl (C=O) groups excluding carboxylic acids is 1. The largest absolute Gasteiger partial charge is 0.467 e. The third-order valence-corrected chi connectivity index (χ3v) is 2.42. The first kappa shape index (κ1) is 10.6. The van der Waals surface area contributed by atoms with E-state index >= 15 is 0 Å². The van der Waals surface area contributed by atoms with Crippen LogP contribution in [0.4, 0.5) is 0 Å². The maximum Gasteiger partial charge on any atom is 0.335 e. The highest BCUT2D eigenvalue weighted by atomic mass is 16.5. The second-order valence-corrected chi connectivity index (χ2v) is 3.46. The zero-order valence-electron chi connectivity index (χ0n) is 8.80. The van der Waals surface area contributed by atoms with Crippen LogP contribution in [0, 0.1) is 0 Å². The summed E-state index contributed by atoms with van der Waals surface area (Å²) in [7, 11) is 1.25. The highest BCUT2D eigenvalue weighted by Gasteiger charge is 2.17. The summed E-state index contributed by atoms with van der Waals surface area (Å²) in [6.07, 6.45) is 2.51. The van der Waals surface area contributed by atoms with Crippen LogP contribution in [0.5, 0.6) is 0 Å². The van der Waals surface area contributed by atoms with Gasteiger partial charge >= 0.3 is 5.97 Å². The second-order valence-electron chi connectivity index (χ2n) is 3.46. The summed E-state index contributed by atoms with van der Waals surface area (Å²) in [5.74, 6) is -0.627. The molecule has 5 nitrogen and oxygen atoms in total. The number of methoxy groups -OCH3 is 1. The summed E-state index contributed by atoms with van der Waals surface area (Å²) in [4.78, 5) is 18.2. The highest BCUT2D eigenvalue weighted by molar-refractivity contribution is 5.81. The zero-order chi connectivity index (χ0) is 11.5. The van der Waals surface area contributed by atoms with Gasteiger partial charge in [0, 0.05) is 24.2 Å². The second kappa shape index (κ2) is 4.32. The van der Waals surface area contributed by atoms with Crippen molar-refractivity contribution >= 4 is 17.0 Å². The fourth-order valence-corrected chi connectivity index (χ4v) is 1.61. The van der Waals surface area contributed by atoms with E-state index in [2.05, 4.69) is 14.7 Å². The van der Waals surface area contributed by atoms with Gasteiger partial charge in [0.05, 0.1) is 7.11 Å². The summed E-state index contributed by atoms with van der Waals surface area (Å²) >= 11 is 0. The number of ether oxygens (including phenoxy) is 1. The smallest absolute Gasteiger partial charge is 0.335 e. The third kappa shape index (κ3) is 1.90. The van der Waals surface area contributed by atoms with Crippen LogP contribution >= 0.6 is 0 Å². The van der Waals surface area contributed by atoms with Crippen molar-refractivity contribution in [1.82, 2.24) is 9.97 Å². The molecule has 2 aromatic heterocycles. The normalized spacial score (nSPS) is 12.6. The van der Waals surface area contributed by atoms with Gasteiger partial charge in [-0.05, 0) is 17.7 Å². The molecule has 0 aliphatic carbocycles. The van der Waals surface area contributed by atoms with Crippen LogP contribution in [-0.2, 0) is 16.0 Å². The summed E-state index contributed by atoms with van der Waals surface area (Å²) < 4.78 is 4.46. The van der Waals surface area contributed by atoms with Gasteiger partial charge in [-0.25, -0.2) is 9.78 Å². The molecular formula is C11H12N2O3. The molecule has 84 valence electrons. The molecule has 2 heterocycles. The molecule has 1 unspecified atom stereocenters. The molecule has 0 bridgehead atoms. The van der Waals surface area contributed by atoms with Gasteiger partial charge in [-0.2, -0.15) is 0 Å². The van der Waals surface area contributed by atoms with E-state index in [9.17, 15) is 9.90 Å². The van der Waals surface area contributed by atoms with Gasteiger partial charge in [0.2, 0.25) is 0 Å². The Bertz CT molecular complexity index is 507. The molecular weight excluding hydrogens is 208 g/mol. The number of rotatable bonds is 3. The number of hydrogen-bond donors (Lipinski definition) is 2. The number of pyridine rings is 1. The SMILES string of the molecule is COC(=O)C(O)Cc1c[nH]c2ncccc12. The monoisotopic (exact) mass is 220 g/mol. The zero-order valence-corrected chi connectivity index (χ0v) is 8.80. The fourth-order valence-electron chi connectivity index (χ4n) is 1.61. The average Bonchev–Trinajstić information content (AvgIpc) is 2.72. The molecule has 0 aliphatic rings. The molecule has 2 aromatic rings. The minimum atomic E-state index is -1.13. The standard InChI is InChI=1S/C11H12N2O3/c1-16-11(15)9(14)5-7-6-13-10-8(7)3-2-4-12-10/h2-4,6,9,14H,5H2,1H3,(H,12,13). The van der Waals surface area contributed by atoms with E-state index in [0.717, 1.165) is 16.6 Å². The Balaban J connectivity index is 2.24. The van der Waals surface area contributed by atoms with Crippen molar-refractivity contribution in [2.24, 2.45) is 0 Å². The van der Waals surface area contributed by atoms with Crippen molar-refractivity contribution in [3.8, 4) is 0 Å². The lowest BCUT2D eigenvalue weighted by Crippen LogP contribution is -2.23. The van der Waals surface area contributed by atoms with Crippen molar-refractivity contribution in [3.05, 3.63) is 30.1 Å². The molecule has 0 radical (unpaired) electrons. The Hall–Kier alpha value is -1.88. The first-order valence-corrected chi connectivity index (χ1v) is 4.89. The van der Waals surface area contributed by atoms with Gasteiger partial charge in [0.15, 0.2) is 6.10 Å². The Morgan fingerprint density at radius 2 is 2.50 bits per heavy atom. The number of aliphatic hydroxyl groups excluding tert-OH is 1. The van der Waals surface area contributed by atoms with Crippen molar-refractivity contribution in [1.29, 1.82) is 0 Å². The molecule has 5 heteroatoms. The lowest BCUT2D eigenvalue weighted by molar-refractivity contribution is -0.150. The van der Waals surface area contributed by atoms with Gasteiger partial charge in [0.25, 0.3) is 0 Å². The van der Waals surface area contributed by atoms with Crippen LogP contribution < -0.4 is 0 Å². The Morgan fingerprint density at radius 3 is 3.25 bits per heavy atom. The number of aromatic nitrogens is 2. The van der Waals surface area contributed by atoms with Crippen molar-refractivity contribution < 1.29 is 14.6 Å². The number of nitrogens with one attached hydrogen (secondary N) is 1. The van der Waals surface area contributed by atoms with Crippen LogP contribution in [0.15, 0.2) is 24.5 Å². The Morgan fingerprint density at radius 1 is 1.69 bits per heavy atom. The van der Waals surface area contributed by atoms with Crippen LogP contribution in [0.25, 0.3) is 11.0 Å². The first-order chi connectivity index (χ1) is 7.72. The molecule has 2 rings (SSSR count). The van der Waals surface area contributed by atoms with Gasteiger partial charge in [-0.3, -0.25) is 0 Å². The molecule has 0 spiro atoms. The van der Waals surface area contributed by atoms with E-state index in [1.807, 2.05) is 12.1 Å². The molecule has 0 saturated heterocycles. The van der Waals surface area contributed by atoms with Gasteiger partial charge in [-0.15, -0.1) is 0 Å². The lowest BCUT2D eigenvalue weighted by atomic mass is 10.1. The van der Waals surface area contributed by atoms with E-state index in [1.54, 1.807) is 12.4 Å². The van der Waals surface area contributed by atoms with Gasteiger partial charge in [-0.1, -0.05) is 0 Å². The van der Waals surface area contributed by atoms with Crippen LogP contribution in [0.3, 0.4) is 0 Å². The number of carbonyl (C=O) groups is 1. The molecule has 0 fully saturated rings. The van der Waals surface area contributed by atoms with Crippen LogP contribution in [0.2, 0.25) is 0 Å². The van der Waals surface area contributed by atoms with E-state index in [4.69, 9.17) is 0 Å². The van der Waals surface area contributed by atoms with E-state index in [-0.39, 0.29) is 6.42 Å². The van der Waals surface area contributed by atoms with Crippen molar-refractivity contribution in [2.45, 2.75) is 12.5 Å². The number of esters is 1. The predicted molar refractivity (Wildman–Crippen MR) is 57.8 cm³/mol. The number of aromatic amines is 1. The molecule has 2 N–H and O–H groups in total. The van der Waals surface area contributed by atoms with Crippen LogP contribution in [-0.4, -0.2) is 34.3 Å². The molecule has 0 aliphatic heterocycles. The van der Waals surface area contributed by atoms with Crippen molar-refractivity contribution in [2.75, 3.05) is 7.11 Å². The summed E-state index contributed by atoms with van der Waals surface area (Å²) in [6.45, 7) is 0. The Labute approximate surface area is 92.1 Å². The van der Waals surface area contributed by atoms with Crippen molar-refractivity contribution in [3.63, 3.8) is 0 Å². The lowest BCUT2D eigenvalue weighted by Gasteiger charge is -2.06. The number of aliphatic hydroxyl groups is 1. The first-order valence-electron chi connectivity index (χ1n) is 4.89. The minimum absolute atomic E-state index is 0.221. The van der Waals surface area contributed by atoms with E-state index in [1.165, 1.54) is 7.11 Å². The molecule has 1 atom stereocenters. The third-order valence-electron chi connectivity index (χ3n) is 2.42. The van der Waals surface area contributed by atoms with E-state index < -0.39 is 12.1 Å². The summed E-state index contributed by atoms with van der Waals surface area (Å²) in [6, 6.07) is 3.70. The number of nitrogens with zero attached hydrogens (tertiary/aromatic N) is 1. The summed E-state index contributed by atoms with van der Waals surface area (Å²) in [5, 5.41) is 10.4.